The van der Waals surface area contributed by atoms with E-state index in [0.29, 0.717) is 11.4 Å². The van der Waals surface area contributed by atoms with Gasteiger partial charge in [0.2, 0.25) is 0 Å². The van der Waals surface area contributed by atoms with E-state index >= 15 is 0 Å². The third-order valence-electron chi connectivity index (χ3n) is 2.80. The monoisotopic (exact) mass is 318 g/mol. The second-order valence-electron chi connectivity index (χ2n) is 4.36. The largest absolute Gasteiger partial charge is 0.465 e. The van der Waals surface area contributed by atoms with Crippen LogP contribution < -0.4 is 15.4 Å². The van der Waals surface area contributed by atoms with E-state index in [-0.39, 0.29) is 12.8 Å². The number of hydrogen-bond donors (Lipinski definition) is 2. The molecular weight excluding hydrogens is 300 g/mol. The van der Waals surface area contributed by atoms with Crippen molar-refractivity contribution in [2.45, 2.75) is 4.90 Å². The molecule has 0 saturated heterocycles. The van der Waals surface area contributed by atoms with Crippen LogP contribution in [0.2, 0.25) is 0 Å². The standard InChI is InChI=1S/C16H18N2O3S/c1-20-11-21-15-9-8-13(22-2)10-14(15)18-16(19)17-12-6-4-3-5-7-12/h3-10H,11H2,1-2H3,(H2,17,18,19). The van der Waals surface area contributed by atoms with E-state index in [0.717, 1.165) is 10.6 Å². The van der Waals surface area contributed by atoms with Crippen molar-refractivity contribution in [1.29, 1.82) is 0 Å². The minimum Gasteiger partial charge on any atom is -0.465 e. The van der Waals surface area contributed by atoms with Crippen LogP contribution in [0.1, 0.15) is 0 Å². The van der Waals surface area contributed by atoms with Gasteiger partial charge in [-0.1, -0.05) is 18.2 Å². The molecule has 22 heavy (non-hydrogen) atoms. The lowest BCUT2D eigenvalue weighted by atomic mass is 10.3. The molecular formula is C16H18N2O3S. The maximum absolute atomic E-state index is 12.1. The summed E-state index contributed by atoms with van der Waals surface area (Å²) in [5.74, 6) is 0.558. The highest BCUT2D eigenvalue weighted by molar-refractivity contribution is 7.98. The number of anilines is 2. The van der Waals surface area contributed by atoms with Crippen molar-refractivity contribution in [2.75, 3.05) is 30.8 Å². The number of hydrogen-bond acceptors (Lipinski definition) is 4. The van der Waals surface area contributed by atoms with Crippen LogP contribution in [-0.2, 0) is 4.74 Å². The van der Waals surface area contributed by atoms with Crippen molar-refractivity contribution >= 4 is 29.2 Å². The molecule has 2 rings (SSSR count). The fourth-order valence-corrected chi connectivity index (χ4v) is 2.23. The van der Waals surface area contributed by atoms with Gasteiger partial charge in [-0.3, -0.25) is 0 Å². The molecule has 6 heteroatoms. The zero-order chi connectivity index (χ0) is 15.8. The normalized spacial score (nSPS) is 10.1. The Morgan fingerprint density at radius 2 is 1.91 bits per heavy atom. The molecule has 5 nitrogen and oxygen atoms in total. The van der Waals surface area contributed by atoms with Gasteiger partial charge >= 0.3 is 6.03 Å². The summed E-state index contributed by atoms with van der Waals surface area (Å²) in [6.45, 7) is 0.119. The molecule has 0 unspecified atom stereocenters. The van der Waals surface area contributed by atoms with E-state index < -0.39 is 0 Å². The maximum atomic E-state index is 12.1. The zero-order valence-corrected chi connectivity index (χ0v) is 13.3. The predicted molar refractivity (Wildman–Crippen MR) is 89.8 cm³/mol. The van der Waals surface area contributed by atoms with Gasteiger partial charge in [0.05, 0.1) is 5.69 Å². The highest BCUT2D eigenvalue weighted by atomic mass is 32.2. The number of amides is 2. The third kappa shape index (κ3) is 4.68. The average molecular weight is 318 g/mol. The lowest BCUT2D eigenvalue weighted by Gasteiger charge is -2.13. The second-order valence-corrected chi connectivity index (χ2v) is 5.24. The van der Waals surface area contributed by atoms with Gasteiger partial charge < -0.3 is 20.1 Å². The number of para-hydroxylation sites is 1. The number of ether oxygens (including phenoxy) is 2. The molecule has 0 saturated carbocycles. The summed E-state index contributed by atoms with van der Waals surface area (Å²) in [5.41, 5.74) is 1.32. The van der Waals surface area contributed by atoms with Gasteiger partial charge in [-0.2, -0.15) is 0 Å². The van der Waals surface area contributed by atoms with E-state index in [4.69, 9.17) is 9.47 Å². The van der Waals surface area contributed by atoms with Crippen LogP contribution in [0.5, 0.6) is 5.75 Å². The van der Waals surface area contributed by atoms with Crippen LogP contribution in [0, 0.1) is 0 Å². The van der Waals surface area contributed by atoms with Gasteiger partial charge in [0, 0.05) is 17.7 Å². The fraction of sp³-hybridized carbons (Fsp3) is 0.188. The number of nitrogens with one attached hydrogen (secondary N) is 2. The molecule has 0 aliphatic rings. The summed E-state index contributed by atoms with van der Waals surface area (Å²) < 4.78 is 10.4. The van der Waals surface area contributed by atoms with Crippen LogP contribution in [0.3, 0.4) is 0 Å². The molecule has 0 aliphatic carbocycles. The van der Waals surface area contributed by atoms with Crippen molar-refractivity contribution in [3.05, 3.63) is 48.5 Å². The molecule has 2 aromatic carbocycles. The highest BCUT2D eigenvalue weighted by Gasteiger charge is 2.09. The van der Waals surface area contributed by atoms with Crippen molar-refractivity contribution in [3.8, 4) is 5.75 Å². The van der Waals surface area contributed by atoms with Gasteiger partial charge in [0.15, 0.2) is 6.79 Å². The first kappa shape index (κ1) is 16.2. The Morgan fingerprint density at radius 1 is 1.14 bits per heavy atom. The Balaban J connectivity index is 2.10. The van der Waals surface area contributed by atoms with E-state index in [2.05, 4.69) is 10.6 Å². The number of methoxy groups -OCH3 is 1. The minimum absolute atomic E-state index is 0.119. The summed E-state index contributed by atoms with van der Waals surface area (Å²) in [7, 11) is 1.55. The highest BCUT2D eigenvalue weighted by Crippen LogP contribution is 2.29. The molecule has 0 bridgehead atoms. The van der Waals surface area contributed by atoms with Crippen LogP contribution >= 0.6 is 11.8 Å². The van der Waals surface area contributed by atoms with Crippen LogP contribution in [0.15, 0.2) is 53.4 Å². The fourth-order valence-electron chi connectivity index (χ4n) is 1.79. The molecule has 0 radical (unpaired) electrons. The van der Waals surface area contributed by atoms with Gasteiger partial charge in [-0.25, -0.2) is 4.79 Å². The first-order chi connectivity index (χ1) is 10.7. The van der Waals surface area contributed by atoms with E-state index in [1.165, 1.54) is 0 Å². The predicted octanol–water partition coefficient (Wildman–Crippen LogP) is 4.04. The number of rotatable bonds is 6. The summed E-state index contributed by atoms with van der Waals surface area (Å²) in [6.07, 6.45) is 1.97. The van der Waals surface area contributed by atoms with E-state index in [1.807, 2.05) is 54.8 Å². The Hall–Kier alpha value is -2.18. The summed E-state index contributed by atoms with van der Waals surface area (Å²) in [5, 5.41) is 5.57. The van der Waals surface area contributed by atoms with Crippen molar-refractivity contribution in [3.63, 3.8) is 0 Å². The smallest absolute Gasteiger partial charge is 0.323 e. The topological polar surface area (TPSA) is 59.6 Å². The molecule has 0 aliphatic heterocycles. The van der Waals surface area contributed by atoms with Crippen LogP contribution in [0.4, 0.5) is 16.2 Å². The molecule has 0 spiro atoms. The summed E-state index contributed by atoms with van der Waals surface area (Å²) in [4.78, 5) is 13.1. The third-order valence-corrected chi connectivity index (χ3v) is 3.52. The zero-order valence-electron chi connectivity index (χ0n) is 12.5. The van der Waals surface area contributed by atoms with Gasteiger partial charge in [0.1, 0.15) is 5.75 Å². The molecule has 116 valence electrons. The maximum Gasteiger partial charge on any atom is 0.323 e. The van der Waals surface area contributed by atoms with E-state index in [9.17, 15) is 4.79 Å². The molecule has 0 heterocycles. The lowest BCUT2D eigenvalue weighted by Crippen LogP contribution is -2.20. The first-order valence-electron chi connectivity index (χ1n) is 6.65. The van der Waals surface area contributed by atoms with Crippen molar-refractivity contribution in [1.82, 2.24) is 0 Å². The molecule has 2 amide bonds. The molecule has 0 aromatic heterocycles. The average Bonchev–Trinajstić information content (AvgIpc) is 2.54. The van der Waals surface area contributed by atoms with Crippen LogP contribution in [0.25, 0.3) is 0 Å². The quantitative estimate of drug-likeness (QED) is 0.623. The molecule has 2 aromatic rings. The van der Waals surface area contributed by atoms with Crippen LogP contribution in [-0.4, -0.2) is 26.2 Å². The minimum atomic E-state index is -0.327. The number of urea groups is 1. The number of carbonyl (C=O) groups excluding carboxylic acids is 1. The molecule has 0 atom stereocenters. The lowest BCUT2D eigenvalue weighted by molar-refractivity contribution is 0.0516. The Bertz CT molecular complexity index is 620. The number of benzene rings is 2. The Morgan fingerprint density at radius 3 is 2.59 bits per heavy atom. The van der Waals surface area contributed by atoms with E-state index in [1.54, 1.807) is 18.9 Å². The SMILES string of the molecule is COCOc1ccc(SC)cc1NC(=O)Nc1ccccc1. The molecule has 0 fully saturated rings. The van der Waals surface area contributed by atoms with Crippen molar-refractivity contribution in [2.24, 2.45) is 0 Å². The Kier molecular flexibility index (Phi) is 6.12. The number of thioether (sulfide) groups is 1. The van der Waals surface area contributed by atoms with Gasteiger partial charge in [-0.05, 0) is 36.6 Å². The second kappa shape index (κ2) is 8.31. The van der Waals surface area contributed by atoms with Crippen molar-refractivity contribution < 1.29 is 14.3 Å². The summed E-state index contributed by atoms with van der Waals surface area (Å²) >= 11 is 1.59. The van der Waals surface area contributed by atoms with Gasteiger partial charge in [0.25, 0.3) is 0 Å². The summed E-state index contributed by atoms with van der Waals surface area (Å²) in [6, 6.07) is 14.5. The first-order valence-corrected chi connectivity index (χ1v) is 7.88. The Labute approximate surface area is 134 Å². The van der Waals surface area contributed by atoms with Gasteiger partial charge in [-0.15, -0.1) is 11.8 Å². The number of carbonyl (C=O) groups is 1. The molecule has 2 N–H and O–H groups in total.